The first-order chi connectivity index (χ1) is 5.77. The maximum absolute atomic E-state index is 2.40. The molecule has 0 spiro atoms. The van der Waals surface area contributed by atoms with Crippen LogP contribution in [0.15, 0.2) is 29.1 Å². The summed E-state index contributed by atoms with van der Waals surface area (Å²) in [4.78, 5) is 0. The normalized spacial score (nSPS) is 10.5. The van der Waals surface area contributed by atoms with Crippen LogP contribution in [0, 0.1) is 13.8 Å². The van der Waals surface area contributed by atoms with Crippen LogP contribution in [0.3, 0.4) is 0 Å². The van der Waals surface area contributed by atoms with Gasteiger partial charge >= 0.3 is 0 Å². The summed E-state index contributed by atoms with van der Waals surface area (Å²) in [5.41, 5.74) is 2.91. The van der Waals surface area contributed by atoms with Crippen LogP contribution in [0.2, 0.25) is 0 Å². The van der Waals surface area contributed by atoms with E-state index >= 15 is 0 Å². The number of hydrogen-bond acceptors (Lipinski definition) is 1. The van der Waals surface area contributed by atoms with E-state index in [1.807, 2.05) is 11.3 Å². The highest BCUT2D eigenvalue weighted by Crippen LogP contribution is 2.44. The highest BCUT2D eigenvalue weighted by atomic mass is 32.1. The van der Waals surface area contributed by atoms with Gasteiger partial charge in [-0.2, -0.15) is 0 Å². The zero-order valence-corrected chi connectivity index (χ0v) is 8.95. The van der Waals surface area contributed by atoms with Crippen molar-refractivity contribution >= 4 is 18.9 Å². The van der Waals surface area contributed by atoms with Gasteiger partial charge in [0.2, 0.25) is 0 Å². The molecule has 2 heterocycles. The van der Waals surface area contributed by atoms with E-state index in [0.717, 1.165) is 0 Å². The Hall–Kier alpha value is -0.520. The first kappa shape index (κ1) is 8.10. The minimum atomic E-state index is -0.0874. The maximum Gasteiger partial charge on any atom is 0.0500 e. The van der Waals surface area contributed by atoms with Crippen LogP contribution in [0.5, 0.6) is 0 Å². The van der Waals surface area contributed by atoms with Gasteiger partial charge in [0.1, 0.15) is 0 Å². The van der Waals surface area contributed by atoms with E-state index in [9.17, 15) is 0 Å². The average molecular weight is 194 g/mol. The third kappa shape index (κ3) is 1.35. The van der Waals surface area contributed by atoms with Crippen molar-refractivity contribution < 1.29 is 0 Å². The minimum Gasteiger partial charge on any atom is -0.140 e. The van der Waals surface area contributed by atoms with Crippen LogP contribution in [-0.2, 0) is 0 Å². The minimum absolute atomic E-state index is 0.0874. The van der Waals surface area contributed by atoms with E-state index in [4.69, 9.17) is 0 Å². The van der Waals surface area contributed by atoms with Gasteiger partial charge in [-0.25, -0.2) is 0 Å². The second-order valence-corrected chi connectivity index (χ2v) is 6.05. The van der Waals surface area contributed by atoms with Crippen molar-refractivity contribution in [3.8, 4) is 4.62 Å². The van der Waals surface area contributed by atoms with Crippen LogP contribution < -0.4 is 0 Å². The van der Waals surface area contributed by atoms with Gasteiger partial charge in [0.15, 0.2) is 0 Å². The Bertz CT molecular complexity index is 351. The van der Waals surface area contributed by atoms with E-state index in [1.165, 1.54) is 15.7 Å². The lowest BCUT2D eigenvalue weighted by atomic mass is 10.2. The standard InChI is InChI=1S/C10H11PS/c1-8-6-11(7-9(8)2)10-4-3-5-12-10/h3-7H,1-2H3. The molecule has 62 valence electrons. The largest absolute Gasteiger partial charge is 0.140 e. The SMILES string of the molecule is Cc1cp(-c2cccs2)cc1C. The van der Waals surface area contributed by atoms with Gasteiger partial charge < -0.3 is 0 Å². The van der Waals surface area contributed by atoms with Gasteiger partial charge in [-0.1, -0.05) is 13.6 Å². The number of thiophene rings is 1. The summed E-state index contributed by atoms with van der Waals surface area (Å²) in [5.74, 6) is 4.80. The van der Waals surface area contributed by atoms with Crippen LogP contribution in [-0.4, -0.2) is 0 Å². The van der Waals surface area contributed by atoms with Gasteiger partial charge in [-0.15, -0.1) is 11.3 Å². The highest BCUT2D eigenvalue weighted by Gasteiger charge is 2.01. The topological polar surface area (TPSA) is 0 Å². The molecular weight excluding hydrogens is 183 g/mol. The van der Waals surface area contributed by atoms with Crippen LogP contribution in [0.4, 0.5) is 0 Å². The highest BCUT2D eigenvalue weighted by molar-refractivity contribution is 7.62. The lowest BCUT2D eigenvalue weighted by Gasteiger charge is -1.88. The smallest absolute Gasteiger partial charge is 0.0500 e. The molecule has 0 bridgehead atoms. The average Bonchev–Trinajstić information content (AvgIpc) is 2.61. The van der Waals surface area contributed by atoms with Gasteiger partial charge in [-0.05, 0) is 48.0 Å². The molecule has 0 fully saturated rings. The molecule has 2 heteroatoms. The number of hydrogen-bond donors (Lipinski definition) is 0. The van der Waals surface area contributed by atoms with Gasteiger partial charge in [0.25, 0.3) is 0 Å². The molecule has 0 nitrogen and oxygen atoms in total. The van der Waals surface area contributed by atoms with E-state index in [2.05, 4.69) is 43.0 Å². The maximum atomic E-state index is 2.40. The second-order valence-electron chi connectivity index (χ2n) is 2.98. The first-order valence-corrected chi connectivity index (χ1v) is 6.32. The van der Waals surface area contributed by atoms with Crippen LogP contribution in [0.1, 0.15) is 11.1 Å². The number of rotatable bonds is 1. The van der Waals surface area contributed by atoms with Gasteiger partial charge in [-0.3, -0.25) is 0 Å². The lowest BCUT2D eigenvalue weighted by Crippen LogP contribution is -1.63. The van der Waals surface area contributed by atoms with Crippen LogP contribution >= 0.6 is 18.9 Å². The Morgan fingerprint density at radius 3 is 2.33 bits per heavy atom. The molecule has 0 N–H and O–H groups in total. The van der Waals surface area contributed by atoms with Crippen molar-refractivity contribution in [3.05, 3.63) is 40.2 Å². The molecule has 2 aromatic rings. The first-order valence-electron chi connectivity index (χ1n) is 3.96. The van der Waals surface area contributed by atoms with E-state index in [1.54, 1.807) is 0 Å². The molecule has 0 saturated carbocycles. The third-order valence-electron chi connectivity index (χ3n) is 2.05. The van der Waals surface area contributed by atoms with E-state index in [-0.39, 0.29) is 7.53 Å². The lowest BCUT2D eigenvalue weighted by molar-refractivity contribution is 1.41. The summed E-state index contributed by atoms with van der Waals surface area (Å²) in [6.07, 6.45) is 0. The fourth-order valence-electron chi connectivity index (χ4n) is 1.20. The van der Waals surface area contributed by atoms with E-state index in [0.29, 0.717) is 0 Å². The molecule has 0 aliphatic carbocycles. The van der Waals surface area contributed by atoms with Crippen molar-refractivity contribution in [2.24, 2.45) is 0 Å². The van der Waals surface area contributed by atoms with Crippen molar-refractivity contribution in [2.45, 2.75) is 13.8 Å². The summed E-state index contributed by atoms with van der Waals surface area (Å²) >= 11 is 1.86. The molecule has 0 atom stereocenters. The summed E-state index contributed by atoms with van der Waals surface area (Å²) in [7, 11) is -0.0874. The molecule has 0 aromatic carbocycles. The molecule has 2 rings (SSSR count). The Balaban J connectivity index is 2.48. The Kier molecular flexibility index (Phi) is 2.08. The Morgan fingerprint density at radius 2 is 1.83 bits per heavy atom. The van der Waals surface area contributed by atoms with Gasteiger partial charge in [0, 0.05) is 4.62 Å². The fraction of sp³-hybridized carbons (Fsp3) is 0.200. The van der Waals surface area contributed by atoms with Crippen molar-refractivity contribution in [2.75, 3.05) is 0 Å². The number of aryl methyl sites for hydroxylation is 2. The third-order valence-corrected chi connectivity index (χ3v) is 5.66. The molecule has 0 saturated heterocycles. The zero-order valence-electron chi connectivity index (χ0n) is 7.24. The van der Waals surface area contributed by atoms with Crippen molar-refractivity contribution in [1.29, 1.82) is 0 Å². The predicted octanol–water partition coefficient (Wildman–Crippen LogP) is 4.34. The van der Waals surface area contributed by atoms with Crippen molar-refractivity contribution in [3.63, 3.8) is 0 Å². The molecule has 0 unspecified atom stereocenters. The molecule has 0 amide bonds. The summed E-state index contributed by atoms with van der Waals surface area (Å²) in [6.45, 7) is 4.39. The molecule has 0 aliphatic heterocycles. The van der Waals surface area contributed by atoms with Crippen molar-refractivity contribution in [1.82, 2.24) is 0 Å². The molecule has 2 aromatic heterocycles. The monoisotopic (exact) mass is 194 g/mol. The van der Waals surface area contributed by atoms with E-state index < -0.39 is 0 Å². The predicted molar refractivity (Wildman–Crippen MR) is 57.8 cm³/mol. The second kappa shape index (κ2) is 3.08. The zero-order chi connectivity index (χ0) is 8.55. The fourth-order valence-corrected chi connectivity index (χ4v) is 4.47. The summed E-state index contributed by atoms with van der Waals surface area (Å²) in [5, 5.41) is 2.16. The summed E-state index contributed by atoms with van der Waals surface area (Å²) in [6, 6.07) is 4.36. The van der Waals surface area contributed by atoms with Crippen LogP contribution in [0.25, 0.3) is 4.62 Å². The Labute approximate surface area is 77.9 Å². The van der Waals surface area contributed by atoms with Gasteiger partial charge in [0.05, 0.1) is 0 Å². The molecule has 0 aliphatic rings. The Morgan fingerprint density at radius 1 is 1.17 bits per heavy atom. The molecule has 12 heavy (non-hydrogen) atoms. The molecular formula is C10H11PS. The molecule has 0 radical (unpaired) electrons. The quantitative estimate of drug-likeness (QED) is 0.633. The summed E-state index contributed by atoms with van der Waals surface area (Å²) < 4.78 is 1.52.